The Bertz CT molecular complexity index is 855. The molecule has 0 fully saturated rings. The smallest absolute Gasteiger partial charge is 0.143 e. The highest BCUT2D eigenvalue weighted by Crippen LogP contribution is 2.35. The van der Waals surface area contributed by atoms with Crippen LogP contribution in [0.25, 0.3) is 11.0 Å². The molecule has 0 saturated heterocycles. The summed E-state index contributed by atoms with van der Waals surface area (Å²) in [7, 11) is 0. The molecule has 4 nitrogen and oxygen atoms in total. The number of aromatic nitrogens is 3. The van der Waals surface area contributed by atoms with Crippen molar-refractivity contribution in [1.29, 1.82) is 0 Å². The highest BCUT2D eigenvalue weighted by atomic mass is 19.1. The zero-order valence-corrected chi connectivity index (χ0v) is 13.1. The van der Waals surface area contributed by atoms with Crippen LogP contribution in [0.3, 0.4) is 0 Å². The minimum atomic E-state index is -0.0993. The molecule has 1 atom stereocenters. The van der Waals surface area contributed by atoms with Crippen LogP contribution < -0.4 is 5.32 Å². The van der Waals surface area contributed by atoms with Crippen molar-refractivity contribution in [2.24, 2.45) is 0 Å². The van der Waals surface area contributed by atoms with E-state index in [4.69, 9.17) is 0 Å². The number of hydrogen-bond donors (Lipinski definition) is 2. The number of nitrogens with one attached hydrogen (secondary N) is 2. The summed E-state index contributed by atoms with van der Waals surface area (Å²) in [5.41, 5.74) is 3.93. The first-order valence-corrected chi connectivity index (χ1v) is 8.12. The Labute approximate surface area is 134 Å². The fraction of sp³-hybridized carbons (Fsp3) is 0.333. The molecule has 1 aliphatic carbocycles. The van der Waals surface area contributed by atoms with Gasteiger partial charge in [-0.05, 0) is 48.4 Å². The van der Waals surface area contributed by atoms with Crippen molar-refractivity contribution in [3.8, 4) is 0 Å². The predicted molar refractivity (Wildman–Crippen MR) is 89.0 cm³/mol. The Morgan fingerprint density at radius 2 is 2.26 bits per heavy atom. The monoisotopic (exact) mass is 310 g/mol. The lowest BCUT2D eigenvalue weighted by Crippen LogP contribution is -2.19. The summed E-state index contributed by atoms with van der Waals surface area (Å²) >= 11 is 0. The second-order valence-electron chi connectivity index (χ2n) is 6.01. The van der Waals surface area contributed by atoms with Crippen molar-refractivity contribution in [2.45, 2.75) is 38.6 Å². The van der Waals surface area contributed by atoms with Gasteiger partial charge in [-0.15, -0.1) is 0 Å². The van der Waals surface area contributed by atoms with Crippen LogP contribution in [0.15, 0.2) is 30.7 Å². The van der Waals surface area contributed by atoms with Crippen molar-refractivity contribution in [2.75, 3.05) is 5.32 Å². The molecule has 1 unspecified atom stereocenters. The Balaban J connectivity index is 1.75. The number of aromatic amines is 1. The number of aryl methyl sites for hydroxylation is 1. The maximum atomic E-state index is 14.0. The Kier molecular flexibility index (Phi) is 3.48. The summed E-state index contributed by atoms with van der Waals surface area (Å²) in [6.07, 6.45) is 7.23. The molecule has 0 radical (unpaired) electrons. The van der Waals surface area contributed by atoms with Gasteiger partial charge in [0.15, 0.2) is 0 Å². The average molecular weight is 310 g/mol. The van der Waals surface area contributed by atoms with Crippen molar-refractivity contribution >= 4 is 16.9 Å². The molecule has 118 valence electrons. The van der Waals surface area contributed by atoms with E-state index in [1.54, 1.807) is 18.5 Å². The van der Waals surface area contributed by atoms with Crippen molar-refractivity contribution < 1.29 is 4.39 Å². The number of benzene rings is 1. The first-order chi connectivity index (χ1) is 11.3. The SMILES string of the molecule is CCc1c[nH]c2ncnc(NC3CCCc4c(F)cccc43)c12. The molecule has 0 aliphatic heterocycles. The van der Waals surface area contributed by atoms with Crippen LogP contribution in [0.2, 0.25) is 0 Å². The number of H-pyrrole nitrogens is 1. The fourth-order valence-electron chi connectivity index (χ4n) is 3.53. The lowest BCUT2D eigenvalue weighted by atomic mass is 9.87. The molecule has 1 aromatic carbocycles. The third kappa shape index (κ3) is 2.36. The van der Waals surface area contributed by atoms with Gasteiger partial charge in [-0.3, -0.25) is 0 Å². The maximum Gasteiger partial charge on any atom is 0.143 e. The fourth-order valence-corrected chi connectivity index (χ4v) is 3.53. The zero-order valence-electron chi connectivity index (χ0n) is 13.1. The van der Waals surface area contributed by atoms with Gasteiger partial charge < -0.3 is 10.3 Å². The summed E-state index contributed by atoms with van der Waals surface area (Å²) in [5, 5.41) is 4.57. The molecule has 1 aliphatic rings. The topological polar surface area (TPSA) is 53.6 Å². The summed E-state index contributed by atoms with van der Waals surface area (Å²) < 4.78 is 14.0. The number of halogens is 1. The van der Waals surface area contributed by atoms with E-state index >= 15 is 0 Å². The molecule has 0 spiro atoms. The van der Waals surface area contributed by atoms with E-state index < -0.39 is 0 Å². The van der Waals surface area contributed by atoms with Crippen LogP contribution >= 0.6 is 0 Å². The number of rotatable bonds is 3. The van der Waals surface area contributed by atoms with E-state index in [1.165, 1.54) is 5.56 Å². The quantitative estimate of drug-likeness (QED) is 0.764. The van der Waals surface area contributed by atoms with E-state index in [0.29, 0.717) is 0 Å². The van der Waals surface area contributed by atoms with Gasteiger partial charge in [0.25, 0.3) is 0 Å². The highest BCUT2D eigenvalue weighted by Gasteiger charge is 2.23. The molecular weight excluding hydrogens is 291 g/mol. The van der Waals surface area contributed by atoms with Crippen LogP contribution in [0.1, 0.15) is 42.5 Å². The molecule has 23 heavy (non-hydrogen) atoms. The van der Waals surface area contributed by atoms with E-state index in [9.17, 15) is 4.39 Å². The summed E-state index contributed by atoms with van der Waals surface area (Å²) in [6.45, 7) is 2.12. The van der Waals surface area contributed by atoms with Gasteiger partial charge >= 0.3 is 0 Å². The number of fused-ring (bicyclic) bond motifs is 2. The van der Waals surface area contributed by atoms with Crippen molar-refractivity contribution in [1.82, 2.24) is 15.0 Å². The Morgan fingerprint density at radius 1 is 1.35 bits per heavy atom. The molecule has 2 N–H and O–H groups in total. The second-order valence-corrected chi connectivity index (χ2v) is 6.01. The largest absolute Gasteiger partial charge is 0.363 e. The van der Waals surface area contributed by atoms with Gasteiger partial charge in [-0.25, -0.2) is 14.4 Å². The molecule has 0 saturated carbocycles. The normalized spacial score (nSPS) is 17.2. The average Bonchev–Trinajstić information content (AvgIpc) is 3.00. The minimum absolute atomic E-state index is 0.0900. The maximum absolute atomic E-state index is 14.0. The lowest BCUT2D eigenvalue weighted by molar-refractivity contribution is 0.547. The first kappa shape index (κ1) is 14.2. The summed E-state index contributed by atoms with van der Waals surface area (Å²) in [4.78, 5) is 11.9. The zero-order chi connectivity index (χ0) is 15.8. The molecule has 0 amide bonds. The molecule has 5 heteroatoms. The van der Waals surface area contributed by atoms with Crippen LogP contribution in [-0.4, -0.2) is 15.0 Å². The van der Waals surface area contributed by atoms with Gasteiger partial charge in [-0.1, -0.05) is 19.1 Å². The Morgan fingerprint density at radius 3 is 3.13 bits per heavy atom. The standard InChI is InChI=1S/C18H19FN4/c1-2-11-9-20-17-16(11)18(22-10-21-17)23-15-8-4-5-12-13(15)6-3-7-14(12)19/h3,6-7,9-10,15H,2,4-5,8H2,1H3,(H2,20,21,22,23). The summed E-state index contributed by atoms with van der Waals surface area (Å²) in [6, 6.07) is 5.45. The van der Waals surface area contributed by atoms with Gasteiger partial charge in [0, 0.05) is 6.20 Å². The first-order valence-electron chi connectivity index (χ1n) is 8.12. The Hall–Kier alpha value is -2.43. The van der Waals surface area contributed by atoms with Gasteiger partial charge in [0.2, 0.25) is 0 Å². The molecular formula is C18H19FN4. The summed E-state index contributed by atoms with van der Waals surface area (Å²) in [5.74, 6) is 0.730. The number of hydrogen-bond acceptors (Lipinski definition) is 3. The van der Waals surface area contributed by atoms with Gasteiger partial charge in [-0.2, -0.15) is 0 Å². The molecule has 3 aromatic rings. The number of nitrogens with zero attached hydrogens (tertiary/aromatic N) is 2. The van der Waals surface area contributed by atoms with E-state index in [2.05, 4.69) is 27.2 Å². The van der Waals surface area contributed by atoms with E-state index in [0.717, 1.165) is 53.7 Å². The minimum Gasteiger partial charge on any atom is -0.363 e. The molecule has 4 rings (SSSR count). The molecule has 2 heterocycles. The lowest BCUT2D eigenvalue weighted by Gasteiger charge is -2.27. The van der Waals surface area contributed by atoms with Gasteiger partial charge in [0.05, 0.1) is 11.4 Å². The van der Waals surface area contributed by atoms with Crippen molar-refractivity contribution in [3.05, 3.63) is 53.2 Å². The van der Waals surface area contributed by atoms with Crippen LogP contribution in [0.5, 0.6) is 0 Å². The van der Waals surface area contributed by atoms with Gasteiger partial charge in [0.1, 0.15) is 23.6 Å². The van der Waals surface area contributed by atoms with E-state index in [-0.39, 0.29) is 11.9 Å². The van der Waals surface area contributed by atoms with Crippen LogP contribution in [0, 0.1) is 5.82 Å². The number of anilines is 1. The highest BCUT2D eigenvalue weighted by molar-refractivity contribution is 5.90. The van der Waals surface area contributed by atoms with E-state index in [1.807, 2.05) is 12.3 Å². The van der Waals surface area contributed by atoms with Crippen LogP contribution in [0.4, 0.5) is 10.2 Å². The van der Waals surface area contributed by atoms with Crippen molar-refractivity contribution in [3.63, 3.8) is 0 Å². The third-order valence-electron chi connectivity index (χ3n) is 4.69. The molecule has 0 bridgehead atoms. The predicted octanol–water partition coefficient (Wildman–Crippen LogP) is 4.15. The third-order valence-corrected chi connectivity index (χ3v) is 4.69. The van der Waals surface area contributed by atoms with Crippen LogP contribution in [-0.2, 0) is 12.8 Å². The second kappa shape index (κ2) is 5.65. The molecule has 2 aromatic heterocycles.